The molecule has 0 saturated carbocycles. The maximum atomic E-state index is 12.2. The van der Waals surface area contributed by atoms with Crippen molar-refractivity contribution in [3.8, 4) is 0 Å². The Morgan fingerprint density at radius 3 is 2.85 bits per heavy atom. The smallest absolute Gasteiger partial charge is 0.318 e. The average molecular weight is 295 g/mol. The zero-order valence-electron chi connectivity index (χ0n) is 11.9. The molecular formula is C14H21N3O2S. The Morgan fingerprint density at radius 1 is 1.35 bits per heavy atom. The average Bonchev–Trinajstić information content (AvgIpc) is 2.92. The van der Waals surface area contributed by atoms with Crippen LogP contribution in [0.5, 0.6) is 0 Å². The number of hydrogen-bond donors (Lipinski definition) is 1. The number of nitrogens with zero attached hydrogens (tertiary/aromatic N) is 2. The number of rotatable bonds is 2. The molecule has 1 fully saturated rings. The number of thiazole rings is 1. The molecule has 1 aromatic heterocycles. The zero-order valence-corrected chi connectivity index (χ0v) is 12.7. The summed E-state index contributed by atoms with van der Waals surface area (Å²) in [5, 5.41) is 4.09. The van der Waals surface area contributed by atoms with E-state index in [4.69, 9.17) is 9.72 Å². The fourth-order valence-corrected chi connectivity index (χ4v) is 3.82. The van der Waals surface area contributed by atoms with Crippen LogP contribution >= 0.6 is 11.3 Å². The van der Waals surface area contributed by atoms with Crippen LogP contribution in [0.15, 0.2) is 0 Å². The second-order valence-corrected chi connectivity index (χ2v) is 6.51. The monoisotopic (exact) mass is 295 g/mol. The first-order chi connectivity index (χ1) is 9.74. The molecule has 2 aliphatic rings. The SMILES string of the molecule is CC(NC(=O)N1CCOCC1)c1nc2c(s1)CCCC2. The van der Waals surface area contributed by atoms with Gasteiger partial charge in [0.15, 0.2) is 0 Å². The number of aromatic nitrogens is 1. The highest BCUT2D eigenvalue weighted by Gasteiger charge is 2.22. The largest absolute Gasteiger partial charge is 0.378 e. The van der Waals surface area contributed by atoms with Crippen molar-refractivity contribution < 1.29 is 9.53 Å². The summed E-state index contributed by atoms with van der Waals surface area (Å²) >= 11 is 1.76. The molecule has 6 heteroatoms. The molecule has 110 valence electrons. The van der Waals surface area contributed by atoms with Gasteiger partial charge in [-0.1, -0.05) is 0 Å². The van der Waals surface area contributed by atoms with Crippen molar-refractivity contribution in [1.82, 2.24) is 15.2 Å². The maximum Gasteiger partial charge on any atom is 0.318 e. The normalized spacial score (nSPS) is 20.4. The lowest BCUT2D eigenvalue weighted by Crippen LogP contribution is -2.46. The number of nitrogens with one attached hydrogen (secondary N) is 1. The van der Waals surface area contributed by atoms with E-state index >= 15 is 0 Å². The third-order valence-electron chi connectivity index (χ3n) is 3.87. The molecule has 0 bridgehead atoms. The van der Waals surface area contributed by atoms with E-state index < -0.39 is 0 Å². The van der Waals surface area contributed by atoms with Gasteiger partial charge in [0, 0.05) is 18.0 Å². The Hall–Kier alpha value is -1.14. The van der Waals surface area contributed by atoms with Crippen LogP contribution in [0.1, 0.15) is 41.4 Å². The number of carbonyl (C=O) groups is 1. The molecule has 1 aliphatic heterocycles. The van der Waals surface area contributed by atoms with Crippen molar-refractivity contribution in [2.75, 3.05) is 26.3 Å². The number of aryl methyl sites for hydroxylation is 2. The molecule has 3 rings (SSSR count). The van der Waals surface area contributed by atoms with Gasteiger partial charge < -0.3 is 15.0 Å². The van der Waals surface area contributed by atoms with Gasteiger partial charge in [0.2, 0.25) is 0 Å². The number of hydrogen-bond acceptors (Lipinski definition) is 4. The molecule has 1 aliphatic carbocycles. The highest BCUT2D eigenvalue weighted by atomic mass is 32.1. The standard InChI is InChI=1S/C14H21N3O2S/c1-10(15-14(18)17-6-8-19-9-7-17)13-16-11-4-2-3-5-12(11)20-13/h10H,2-9H2,1H3,(H,15,18). The summed E-state index contributed by atoms with van der Waals surface area (Å²) in [6, 6.07) is -0.0186. The molecule has 20 heavy (non-hydrogen) atoms. The Bertz CT molecular complexity index is 459. The van der Waals surface area contributed by atoms with E-state index in [-0.39, 0.29) is 12.1 Å². The van der Waals surface area contributed by atoms with Gasteiger partial charge in [0.05, 0.1) is 24.9 Å². The number of carbonyl (C=O) groups excluding carboxylic acids is 1. The molecule has 1 atom stereocenters. The van der Waals surface area contributed by atoms with E-state index in [0.717, 1.165) is 17.8 Å². The molecule has 5 nitrogen and oxygen atoms in total. The lowest BCUT2D eigenvalue weighted by molar-refractivity contribution is 0.0526. The van der Waals surface area contributed by atoms with E-state index in [1.54, 1.807) is 11.3 Å². The number of urea groups is 1. The summed E-state index contributed by atoms with van der Waals surface area (Å²) in [7, 11) is 0. The third-order valence-corrected chi connectivity index (χ3v) is 5.21. The Labute approximate surface area is 123 Å². The first-order valence-corrected chi connectivity index (χ1v) is 8.17. The number of fused-ring (bicyclic) bond motifs is 1. The Balaban J connectivity index is 1.62. The quantitative estimate of drug-likeness (QED) is 0.909. The number of morpholine rings is 1. The maximum absolute atomic E-state index is 12.2. The molecule has 2 heterocycles. The van der Waals surface area contributed by atoms with E-state index in [0.29, 0.717) is 26.3 Å². The predicted molar refractivity (Wildman–Crippen MR) is 78.1 cm³/mol. The number of amides is 2. The van der Waals surface area contributed by atoms with Gasteiger partial charge in [-0.15, -0.1) is 11.3 Å². The summed E-state index contributed by atoms with van der Waals surface area (Å²) in [5.41, 5.74) is 1.25. The van der Waals surface area contributed by atoms with Crippen molar-refractivity contribution in [2.45, 2.75) is 38.6 Å². The molecule has 2 amide bonds. The van der Waals surface area contributed by atoms with Gasteiger partial charge in [-0.05, 0) is 32.6 Å². The van der Waals surface area contributed by atoms with Gasteiger partial charge >= 0.3 is 6.03 Å². The third kappa shape index (κ3) is 2.96. The fraction of sp³-hybridized carbons (Fsp3) is 0.714. The van der Waals surface area contributed by atoms with E-state index in [1.165, 1.54) is 23.4 Å². The van der Waals surface area contributed by atoms with Gasteiger partial charge in [-0.3, -0.25) is 0 Å². The van der Waals surface area contributed by atoms with Crippen LogP contribution in [-0.4, -0.2) is 42.2 Å². The molecular weight excluding hydrogens is 274 g/mol. The zero-order chi connectivity index (χ0) is 13.9. The molecule has 1 aromatic rings. The van der Waals surface area contributed by atoms with Gasteiger partial charge in [0.25, 0.3) is 0 Å². The second-order valence-electron chi connectivity index (χ2n) is 5.40. The summed E-state index contributed by atoms with van der Waals surface area (Å²) < 4.78 is 5.26. The summed E-state index contributed by atoms with van der Waals surface area (Å²) in [6.45, 7) is 4.63. The van der Waals surface area contributed by atoms with Crippen LogP contribution in [0.3, 0.4) is 0 Å². The van der Waals surface area contributed by atoms with Gasteiger partial charge in [0.1, 0.15) is 5.01 Å². The molecule has 1 N–H and O–H groups in total. The molecule has 1 unspecified atom stereocenters. The van der Waals surface area contributed by atoms with Crippen LogP contribution in [-0.2, 0) is 17.6 Å². The molecule has 1 saturated heterocycles. The van der Waals surface area contributed by atoms with Crippen LogP contribution in [0.4, 0.5) is 4.79 Å². The van der Waals surface area contributed by atoms with E-state index in [1.807, 2.05) is 11.8 Å². The van der Waals surface area contributed by atoms with Gasteiger partial charge in [-0.25, -0.2) is 9.78 Å². The summed E-state index contributed by atoms with van der Waals surface area (Å²) in [6.07, 6.45) is 4.75. The molecule has 0 aromatic carbocycles. The Morgan fingerprint density at radius 2 is 2.10 bits per heavy atom. The van der Waals surface area contributed by atoms with Crippen LogP contribution in [0.2, 0.25) is 0 Å². The first kappa shape index (κ1) is 13.8. The first-order valence-electron chi connectivity index (χ1n) is 7.35. The van der Waals surface area contributed by atoms with Crippen LogP contribution in [0, 0.1) is 0 Å². The van der Waals surface area contributed by atoms with Crippen molar-refractivity contribution in [2.24, 2.45) is 0 Å². The topological polar surface area (TPSA) is 54.5 Å². The lowest BCUT2D eigenvalue weighted by Gasteiger charge is -2.28. The minimum absolute atomic E-state index is 0.00558. The highest BCUT2D eigenvalue weighted by Crippen LogP contribution is 2.29. The van der Waals surface area contributed by atoms with Crippen molar-refractivity contribution in [1.29, 1.82) is 0 Å². The van der Waals surface area contributed by atoms with Crippen LogP contribution < -0.4 is 5.32 Å². The summed E-state index contributed by atoms with van der Waals surface area (Å²) in [5.74, 6) is 0. The van der Waals surface area contributed by atoms with E-state index in [2.05, 4.69) is 5.32 Å². The van der Waals surface area contributed by atoms with Crippen LogP contribution in [0.25, 0.3) is 0 Å². The number of ether oxygens (including phenoxy) is 1. The predicted octanol–water partition coefficient (Wildman–Crippen LogP) is 2.12. The van der Waals surface area contributed by atoms with Crippen molar-refractivity contribution in [3.63, 3.8) is 0 Å². The van der Waals surface area contributed by atoms with E-state index in [9.17, 15) is 4.79 Å². The lowest BCUT2D eigenvalue weighted by atomic mass is 10.0. The summed E-state index contributed by atoms with van der Waals surface area (Å²) in [4.78, 5) is 20.1. The van der Waals surface area contributed by atoms with Crippen molar-refractivity contribution in [3.05, 3.63) is 15.6 Å². The fourth-order valence-electron chi connectivity index (χ4n) is 2.66. The van der Waals surface area contributed by atoms with Gasteiger partial charge in [-0.2, -0.15) is 0 Å². The van der Waals surface area contributed by atoms with Crippen molar-refractivity contribution >= 4 is 17.4 Å². The molecule has 0 radical (unpaired) electrons. The second kappa shape index (κ2) is 6.10. The minimum Gasteiger partial charge on any atom is -0.378 e. The molecule has 0 spiro atoms. The minimum atomic E-state index is -0.0130. The highest BCUT2D eigenvalue weighted by molar-refractivity contribution is 7.11. The Kier molecular flexibility index (Phi) is 4.21.